The first-order valence-electron chi connectivity index (χ1n) is 4.75. The Labute approximate surface area is 102 Å². The molecule has 0 saturated carbocycles. The van der Waals surface area contributed by atoms with Crippen LogP contribution in [0.2, 0.25) is 0 Å². The maximum Gasteiger partial charge on any atom is 0.337 e. The lowest BCUT2D eigenvalue weighted by atomic mass is 10.0. The molecular weight excluding hydrogens is 248 g/mol. The zero-order valence-corrected chi connectivity index (χ0v) is 9.52. The van der Waals surface area contributed by atoms with Crippen LogP contribution < -0.4 is 0 Å². The molecule has 3 N–H and O–H groups in total. The molecule has 0 heterocycles. The van der Waals surface area contributed by atoms with Crippen molar-refractivity contribution in [2.24, 2.45) is 0 Å². The van der Waals surface area contributed by atoms with Crippen LogP contribution in [-0.4, -0.2) is 33.0 Å². The number of aliphatic hydroxyl groups excluding tert-OH is 1. The van der Waals surface area contributed by atoms with Gasteiger partial charge in [0.15, 0.2) is 11.9 Å². The van der Waals surface area contributed by atoms with Crippen molar-refractivity contribution in [3.8, 4) is 5.75 Å². The number of alkyl halides is 1. The largest absolute Gasteiger partial charge is 0.508 e. The van der Waals surface area contributed by atoms with Crippen molar-refractivity contribution < 1.29 is 24.9 Å². The van der Waals surface area contributed by atoms with Gasteiger partial charge >= 0.3 is 5.97 Å². The topological polar surface area (TPSA) is 94.8 Å². The lowest BCUT2D eigenvalue weighted by Crippen LogP contribution is -2.11. The SMILES string of the molecule is O=C(CCl)Cc1cc(O)cc(C(O)C(=O)O)c1. The predicted molar refractivity (Wildman–Crippen MR) is 60.1 cm³/mol. The van der Waals surface area contributed by atoms with E-state index in [4.69, 9.17) is 16.7 Å². The van der Waals surface area contributed by atoms with E-state index in [1.54, 1.807) is 0 Å². The summed E-state index contributed by atoms with van der Waals surface area (Å²) in [7, 11) is 0. The third kappa shape index (κ3) is 3.72. The lowest BCUT2D eigenvalue weighted by Gasteiger charge is -2.08. The van der Waals surface area contributed by atoms with Crippen LogP contribution in [0.15, 0.2) is 18.2 Å². The van der Waals surface area contributed by atoms with Crippen molar-refractivity contribution in [1.82, 2.24) is 0 Å². The van der Waals surface area contributed by atoms with Crippen LogP contribution in [-0.2, 0) is 16.0 Å². The molecular formula is C11H11ClO5. The van der Waals surface area contributed by atoms with Gasteiger partial charge in [-0.2, -0.15) is 0 Å². The van der Waals surface area contributed by atoms with Gasteiger partial charge < -0.3 is 15.3 Å². The molecule has 0 fully saturated rings. The van der Waals surface area contributed by atoms with Gasteiger partial charge in [0.2, 0.25) is 0 Å². The Hall–Kier alpha value is -1.59. The second-order valence-corrected chi connectivity index (χ2v) is 3.79. The van der Waals surface area contributed by atoms with Crippen molar-refractivity contribution in [2.45, 2.75) is 12.5 Å². The first-order valence-corrected chi connectivity index (χ1v) is 5.29. The fourth-order valence-corrected chi connectivity index (χ4v) is 1.47. The number of rotatable bonds is 5. The fourth-order valence-electron chi connectivity index (χ4n) is 1.38. The van der Waals surface area contributed by atoms with Crippen molar-refractivity contribution in [3.63, 3.8) is 0 Å². The highest BCUT2D eigenvalue weighted by Crippen LogP contribution is 2.22. The number of aliphatic hydroxyl groups is 1. The van der Waals surface area contributed by atoms with Gasteiger partial charge in [0.1, 0.15) is 5.75 Å². The minimum absolute atomic E-state index is 0.0166. The molecule has 1 aromatic carbocycles. The van der Waals surface area contributed by atoms with Gasteiger partial charge in [0, 0.05) is 6.42 Å². The monoisotopic (exact) mass is 258 g/mol. The van der Waals surface area contributed by atoms with Gasteiger partial charge in [-0.25, -0.2) is 4.79 Å². The summed E-state index contributed by atoms with van der Waals surface area (Å²) in [6.07, 6.45) is -1.75. The highest BCUT2D eigenvalue weighted by Gasteiger charge is 2.17. The fraction of sp³-hybridized carbons (Fsp3) is 0.273. The zero-order chi connectivity index (χ0) is 13.0. The van der Waals surface area contributed by atoms with E-state index in [9.17, 15) is 19.8 Å². The number of carboxylic acid groups (broad SMARTS) is 1. The van der Waals surface area contributed by atoms with E-state index in [2.05, 4.69) is 0 Å². The number of benzene rings is 1. The van der Waals surface area contributed by atoms with Crippen molar-refractivity contribution in [3.05, 3.63) is 29.3 Å². The standard InChI is InChI=1S/C11H11ClO5/c12-5-9(14)3-6-1-7(4-8(13)2-6)10(15)11(16)17/h1-2,4,10,13,15H,3,5H2,(H,16,17). The van der Waals surface area contributed by atoms with Crippen LogP contribution in [0.3, 0.4) is 0 Å². The molecule has 17 heavy (non-hydrogen) atoms. The van der Waals surface area contributed by atoms with Crippen molar-refractivity contribution >= 4 is 23.4 Å². The van der Waals surface area contributed by atoms with Crippen LogP contribution >= 0.6 is 11.6 Å². The first kappa shape index (κ1) is 13.5. The highest BCUT2D eigenvalue weighted by molar-refractivity contribution is 6.27. The van der Waals surface area contributed by atoms with Crippen LogP contribution in [0.5, 0.6) is 5.75 Å². The number of Topliss-reactive ketones (excluding diaryl/α,β-unsaturated/α-hetero) is 1. The average molecular weight is 259 g/mol. The maximum absolute atomic E-state index is 11.1. The van der Waals surface area contributed by atoms with Crippen LogP contribution in [0.4, 0.5) is 0 Å². The molecule has 0 aliphatic rings. The summed E-state index contributed by atoms with van der Waals surface area (Å²) in [5.41, 5.74) is 0.431. The Morgan fingerprint density at radius 2 is 1.94 bits per heavy atom. The maximum atomic E-state index is 11.1. The molecule has 0 saturated heterocycles. The number of phenols is 1. The molecule has 0 amide bonds. The highest BCUT2D eigenvalue weighted by atomic mass is 35.5. The number of hydrogen-bond acceptors (Lipinski definition) is 4. The van der Waals surface area contributed by atoms with Crippen LogP contribution in [0.1, 0.15) is 17.2 Å². The molecule has 1 atom stereocenters. The average Bonchev–Trinajstić information content (AvgIpc) is 2.26. The number of carbonyl (C=O) groups is 2. The number of aromatic hydroxyl groups is 1. The van der Waals surface area contributed by atoms with Gasteiger partial charge in [-0.15, -0.1) is 11.6 Å². The van der Waals surface area contributed by atoms with Gasteiger partial charge in [-0.05, 0) is 23.3 Å². The molecule has 0 bridgehead atoms. The normalized spacial score (nSPS) is 12.1. The Morgan fingerprint density at radius 3 is 2.47 bits per heavy atom. The first-order chi connectivity index (χ1) is 7.93. The van der Waals surface area contributed by atoms with Crippen LogP contribution in [0, 0.1) is 0 Å². The summed E-state index contributed by atoms with van der Waals surface area (Å²) in [5.74, 6) is -2.05. The zero-order valence-electron chi connectivity index (χ0n) is 8.76. The molecule has 5 nitrogen and oxygen atoms in total. The van der Waals surface area contributed by atoms with Crippen molar-refractivity contribution in [2.75, 3.05) is 5.88 Å². The minimum Gasteiger partial charge on any atom is -0.508 e. The molecule has 0 radical (unpaired) electrons. The lowest BCUT2D eigenvalue weighted by molar-refractivity contribution is -0.146. The molecule has 92 valence electrons. The summed E-state index contributed by atoms with van der Waals surface area (Å²) in [5, 5.41) is 27.3. The van der Waals surface area contributed by atoms with Gasteiger partial charge in [-0.1, -0.05) is 6.07 Å². The number of aliphatic carboxylic acids is 1. The summed E-state index contributed by atoms with van der Waals surface area (Å²) >= 11 is 5.34. The third-order valence-electron chi connectivity index (χ3n) is 2.10. The van der Waals surface area contributed by atoms with Gasteiger partial charge in [-0.3, -0.25) is 4.79 Å². The van der Waals surface area contributed by atoms with E-state index in [0.717, 1.165) is 6.07 Å². The number of phenolic OH excluding ortho intramolecular Hbond substituents is 1. The Bertz CT molecular complexity index is 443. The summed E-state index contributed by atoms with van der Waals surface area (Å²) in [6, 6.07) is 3.80. The van der Waals surface area contributed by atoms with E-state index in [1.165, 1.54) is 12.1 Å². The third-order valence-corrected chi connectivity index (χ3v) is 2.40. The Balaban J connectivity index is 3.01. The second kappa shape index (κ2) is 5.65. The predicted octanol–water partition coefficient (Wildman–Crippen LogP) is 0.861. The molecule has 1 unspecified atom stereocenters. The molecule has 0 spiro atoms. The summed E-state index contributed by atoms with van der Waals surface area (Å²) < 4.78 is 0. The molecule has 0 aliphatic carbocycles. The van der Waals surface area contributed by atoms with E-state index < -0.39 is 12.1 Å². The summed E-state index contributed by atoms with van der Waals surface area (Å²) in [4.78, 5) is 21.7. The molecule has 1 rings (SSSR count). The molecule has 6 heteroatoms. The van der Waals surface area contributed by atoms with Gasteiger partial charge in [0.25, 0.3) is 0 Å². The number of carbonyl (C=O) groups excluding carboxylic acids is 1. The van der Waals surface area contributed by atoms with Crippen LogP contribution in [0.25, 0.3) is 0 Å². The summed E-state index contributed by atoms with van der Waals surface area (Å²) in [6.45, 7) is 0. The number of carboxylic acids is 1. The van der Waals surface area contributed by atoms with E-state index in [0.29, 0.717) is 5.56 Å². The van der Waals surface area contributed by atoms with E-state index in [1.807, 2.05) is 0 Å². The van der Waals surface area contributed by atoms with Gasteiger partial charge in [0.05, 0.1) is 5.88 Å². The Morgan fingerprint density at radius 1 is 1.29 bits per heavy atom. The quantitative estimate of drug-likeness (QED) is 0.681. The second-order valence-electron chi connectivity index (χ2n) is 3.52. The van der Waals surface area contributed by atoms with E-state index in [-0.39, 0.29) is 29.4 Å². The van der Waals surface area contributed by atoms with E-state index >= 15 is 0 Å². The van der Waals surface area contributed by atoms with Crippen molar-refractivity contribution in [1.29, 1.82) is 0 Å². The molecule has 1 aromatic rings. The molecule has 0 aliphatic heterocycles. The smallest absolute Gasteiger partial charge is 0.337 e. The Kier molecular flexibility index (Phi) is 4.48. The number of hydrogen-bond donors (Lipinski definition) is 3. The minimum atomic E-state index is -1.73. The number of ketones is 1. The molecule has 0 aromatic heterocycles. The number of halogens is 1.